The van der Waals surface area contributed by atoms with E-state index in [9.17, 15) is 4.79 Å². The van der Waals surface area contributed by atoms with Crippen molar-refractivity contribution in [2.75, 3.05) is 11.6 Å². The molecule has 0 saturated carbocycles. The molecular weight excluding hydrogens is 200 g/mol. The summed E-state index contributed by atoms with van der Waals surface area (Å²) in [5.41, 5.74) is 0.682. The molecule has 5 heteroatoms. The van der Waals surface area contributed by atoms with E-state index in [1.165, 1.54) is 0 Å². The molecular formula is C9H10N2O2S. The molecule has 0 aromatic heterocycles. The maximum Gasteiger partial charge on any atom is 0.270 e. The zero-order valence-corrected chi connectivity index (χ0v) is 8.41. The first-order valence-corrected chi connectivity index (χ1v) is 5.11. The molecule has 1 aromatic carbocycles. The number of nitrogens with one attached hydrogen (secondary N) is 1. The van der Waals surface area contributed by atoms with Crippen LogP contribution in [0.3, 0.4) is 0 Å². The van der Waals surface area contributed by atoms with Crippen LogP contribution >= 0.6 is 11.8 Å². The van der Waals surface area contributed by atoms with Gasteiger partial charge in [0.1, 0.15) is 6.21 Å². The van der Waals surface area contributed by atoms with E-state index in [-0.39, 0.29) is 0 Å². The van der Waals surface area contributed by atoms with Crippen molar-refractivity contribution in [3.8, 4) is 0 Å². The highest BCUT2D eigenvalue weighted by molar-refractivity contribution is 7.98. The summed E-state index contributed by atoms with van der Waals surface area (Å²) < 4.78 is 0. The Morgan fingerprint density at radius 2 is 2.43 bits per heavy atom. The van der Waals surface area contributed by atoms with Gasteiger partial charge in [0.25, 0.3) is 5.91 Å². The molecule has 14 heavy (non-hydrogen) atoms. The molecule has 4 nitrogen and oxygen atoms in total. The number of carbonyl (C=O) groups is 1. The van der Waals surface area contributed by atoms with Crippen LogP contribution in [0.25, 0.3) is 0 Å². The van der Waals surface area contributed by atoms with E-state index in [0.717, 1.165) is 11.1 Å². The highest BCUT2D eigenvalue weighted by Crippen LogP contribution is 2.18. The number of carbonyl (C=O) groups excluding carboxylic acids is 1. The standard InChI is InChI=1S/C9H10N2O2S/c1-14-8-4-2-3-7(5-8)11-9(12)6-10-13/h2-6,13H,1H3,(H,11,12)/b10-6+. The summed E-state index contributed by atoms with van der Waals surface area (Å²) in [4.78, 5) is 12.0. The number of oxime groups is 1. The van der Waals surface area contributed by atoms with Crippen LogP contribution < -0.4 is 5.32 Å². The molecule has 0 bridgehead atoms. The van der Waals surface area contributed by atoms with Gasteiger partial charge in [-0.25, -0.2) is 0 Å². The minimum Gasteiger partial charge on any atom is -0.411 e. The van der Waals surface area contributed by atoms with Gasteiger partial charge in [-0.3, -0.25) is 4.79 Å². The summed E-state index contributed by atoms with van der Waals surface area (Å²) in [6.07, 6.45) is 2.77. The van der Waals surface area contributed by atoms with Crippen molar-refractivity contribution in [3.63, 3.8) is 0 Å². The molecule has 0 atom stereocenters. The summed E-state index contributed by atoms with van der Waals surface area (Å²) in [5, 5.41) is 13.3. The van der Waals surface area contributed by atoms with Crippen molar-refractivity contribution < 1.29 is 10.0 Å². The molecule has 0 aliphatic carbocycles. The molecule has 1 aromatic rings. The smallest absolute Gasteiger partial charge is 0.270 e. The van der Waals surface area contributed by atoms with Crippen LogP contribution in [-0.4, -0.2) is 23.6 Å². The van der Waals surface area contributed by atoms with Gasteiger partial charge >= 0.3 is 0 Å². The first-order chi connectivity index (χ1) is 6.76. The largest absolute Gasteiger partial charge is 0.411 e. The van der Waals surface area contributed by atoms with Gasteiger partial charge in [0.15, 0.2) is 0 Å². The molecule has 0 aliphatic rings. The minimum atomic E-state index is -0.453. The fourth-order valence-corrected chi connectivity index (χ4v) is 1.39. The molecule has 0 heterocycles. The van der Waals surface area contributed by atoms with E-state index in [1.807, 2.05) is 24.5 Å². The molecule has 0 unspecified atom stereocenters. The van der Waals surface area contributed by atoms with Gasteiger partial charge in [0, 0.05) is 10.6 Å². The Labute approximate surface area is 86.0 Å². The fourth-order valence-electron chi connectivity index (χ4n) is 0.928. The van der Waals surface area contributed by atoms with Crippen molar-refractivity contribution in [2.45, 2.75) is 4.90 Å². The van der Waals surface area contributed by atoms with Crippen LogP contribution in [0.1, 0.15) is 0 Å². The molecule has 74 valence electrons. The molecule has 0 saturated heterocycles. The van der Waals surface area contributed by atoms with E-state index in [0.29, 0.717) is 5.69 Å². The van der Waals surface area contributed by atoms with E-state index < -0.39 is 5.91 Å². The summed E-state index contributed by atoms with van der Waals surface area (Å²) in [7, 11) is 0. The zero-order chi connectivity index (χ0) is 10.4. The van der Waals surface area contributed by atoms with Crippen molar-refractivity contribution in [1.29, 1.82) is 0 Å². The number of benzene rings is 1. The quantitative estimate of drug-likeness (QED) is 0.346. The minimum absolute atomic E-state index is 0.453. The molecule has 1 rings (SSSR count). The highest BCUT2D eigenvalue weighted by atomic mass is 32.2. The number of hydrogen-bond acceptors (Lipinski definition) is 4. The lowest BCUT2D eigenvalue weighted by molar-refractivity contribution is -0.110. The lowest BCUT2D eigenvalue weighted by Crippen LogP contribution is -2.12. The summed E-state index contributed by atoms with van der Waals surface area (Å²) in [6, 6.07) is 7.40. The average molecular weight is 210 g/mol. The predicted molar refractivity (Wildman–Crippen MR) is 57.1 cm³/mol. The third kappa shape index (κ3) is 3.10. The maximum absolute atomic E-state index is 11.0. The second-order valence-electron chi connectivity index (χ2n) is 2.47. The van der Waals surface area contributed by atoms with Crippen LogP contribution in [-0.2, 0) is 4.79 Å². The van der Waals surface area contributed by atoms with Gasteiger partial charge < -0.3 is 10.5 Å². The van der Waals surface area contributed by atoms with E-state index in [2.05, 4.69) is 10.5 Å². The van der Waals surface area contributed by atoms with Crippen LogP contribution in [0.15, 0.2) is 34.3 Å². The lowest BCUT2D eigenvalue weighted by Gasteiger charge is -2.02. The molecule has 1 amide bonds. The lowest BCUT2D eigenvalue weighted by atomic mass is 10.3. The number of rotatable bonds is 3. The Morgan fingerprint density at radius 3 is 3.07 bits per heavy atom. The van der Waals surface area contributed by atoms with Gasteiger partial charge in [0.2, 0.25) is 0 Å². The van der Waals surface area contributed by atoms with Crippen molar-refractivity contribution in [2.24, 2.45) is 5.16 Å². The second kappa shape index (κ2) is 5.29. The third-order valence-electron chi connectivity index (χ3n) is 1.51. The second-order valence-corrected chi connectivity index (χ2v) is 3.35. The van der Waals surface area contributed by atoms with Crippen molar-refractivity contribution in [3.05, 3.63) is 24.3 Å². The Hall–Kier alpha value is -1.49. The predicted octanol–water partition coefficient (Wildman–Crippen LogP) is 1.81. The Balaban J connectivity index is 2.71. The average Bonchev–Trinajstić information content (AvgIpc) is 2.18. The molecule has 0 aliphatic heterocycles. The normalized spacial score (nSPS) is 10.4. The fraction of sp³-hybridized carbons (Fsp3) is 0.111. The summed E-state index contributed by atoms with van der Waals surface area (Å²) in [5.74, 6) is -0.453. The summed E-state index contributed by atoms with van der Waals surface area (Å²) >= 11 is 1.59. The molecule has 0 spiro atoms. The van der Waals surface area contributed by atoms with Gasteiger partial charge in [-0.1, -0.05) is 11.2 Å². The maximum atomic E-state index is 11.0. The highest BCUT2D eigenvalue weighted by Gasteiger charge is 1.98. The van der Waals surface area contributed by atoms with Crippen molar-refractivity contribution >= 4 is 29.6 Å². The number of hydrogen-bond donors (Lipinski definition) is 2. The monoisotopic (exact) mass is 210 g/mol. The SMILES string of the molecule is CSc1cccc(NC(=O)/C=N/O)c1. The van der Waals surface area contributed by atoms with Gasteiger partial charge in [-0.2, -0.15) is 0 Å². The first-order valence-electron chi connectivity index (χ1n) is 3.88. The number of thioether (sulfide) groups is 1. The molecule has 0 fully saturated rings. The van der Waals surface area contributed by atoms with E-state index in [4.69, 9.17) is 5.21 Å². The topological polar surface area (TPSA) is 61.7 Å². The van der Waals surface area contributed by atoms with E-state index in [1.54, 1.807) is 17.8 Å². The van der Waals surface area contributed by atoms with Crippen molar-refractivity contribution in [1.82, 2.24) is 0 Å². The Kier molecular flexibility index (Phi) is 4.00. The molecule has 0 radical (unpaired) electrons. The first kappa shape index (κ1) is 10.6. The Bertz CT molecular complexity index is 352. The number of nitrogens with zero attached hydrogens (tertiary/aromatic N) is 1. The molecule has 2 N–H and O–H groups in total. The van der Waals surface area contributed by atoms with Crippen LogP contribution in [0.4, 0.5) is 5.69 Å². The van der Waals surface area contributed by atoms with E-state index >= 15 is 0 Å². The number of amides is 1. The van der Waals surface area contributed by atoms with Gasteiger partial charge in [0.05, 0.1) is 0 Å². The number of anilines is 1. The zero-order valence-electron chi connectivity index (χ0n) is 7.60. The van der Waals surface area contributed by atoms with Gasteiger partial charge in [-0.05, 0) is 24.5 Å². The van der Waals surface area contributed by atoms with Crippen LogP contribution in [0, 0.1) is 0 Å². The summed E-state index contributed by atoms with van der Waals surface area (Å²) in [6.45, 7) is 0. The third-order valence-corrected chi connectivity index (χ3v) is 2.24. The van der Waals surface area contributed by atoms with Gasteiger partial charge in [-0.15, -0.1) is 11.8 Å². The van der Waals surface area contributed by atoms with Crippen LogP contribution in [0.2, 0.25) is 0 Å². The Morgan fingerprint density at radius 1 is 1.64 bits per heavy atom. The van der Waals surface area contributed by atoms with Crippen LogP contribution in [0.5, 0.6) is 0 Å².